The van der Waals surface area contributed by atoms with Crippen LogP contribution in [0.25, 0.3) is 11.2 Å². The van der Waals surface area contributed by atoms with E-state index >= 15 is 0 Å². The van der Waals surface area contributed by atoms with Gasteiger partial charge in [-0.3, -0.25) is 18.7 Å². The Bertz CT molecular complexity index is 1100. The highest BCUT2D eigenvalue weighted by molar-refractivity contribution is 5.81. The predicted molar refractivity (Wildman–Crippen MR) is 89.4 cm³/mol. The van der Waals surface area contributed by atoms with E-state index in [1.165, 1.54) is 35.8 Å². The zero-order valence-corrected chi connectivity index (χ0v) is 13.9. The van der Waals surface area contributed by atoms with Crippen molar-refractivity contribution in [3.05, 3.63) is 50.8 Å². The smallest absolute Gasteiger partial charge is 0.332 e. The van der Waals surface area contributed by atoms with Gasteiger partial charge in [0, 0.05) is 14.1 Å². The number of fused-ring (bicyclic) bond motifs is 1. The van der Waals surface area contributed by atoms with Crippen LogP contribution in [0.2, 0.25) is 0 Å². The summed E-state index contributed by atoms with van der Waals surface area (Å²) in [5.74, 6) is 0.795. The minimum atomic E-state index is -0.516. The van der Waals surface area contributed by atoms with Crippen molar-refractivity contribution in [3.8, 4) is 0 Å². The molecule has 0 radical (unpaired) electrons. The van der Waals surface area contributed by atoms with E-state index in [9.17, 15) is 14.4 Å². The van der Waals surface area contributed by atoms with Crippen LogP contribution < -0.4 is 16.7 Å². The van der Waals surface area contributed by atoms with Gasteiger partial charge in [-0.1, -0.05) is 0 Å². The van der Waals surface area contributed by atoms with Crippen LogP contribution in [-0.2, 0) is 25.4 Å². The number of carbonyl (C=O) groups is 1. The SMILES string of the molecule is Cc1ccc(/C=N\NC(=O)Cn2cnc3c2c(=O)n(C)c(=O)n3C)o1. The first kappa shape index (κ1) is 16.4. The van der Waals surface area contributed by atoms with Crippen molar-refractivity contribution in [3.63, 3.8) is 0 Å². The van der Waals surface area contributed by atoms with Gasteiger partial charge in [0.05, 0.1) is 12.5 Å². The van der Waals surface area contributed by atoms with Gasteiger partial charge in [-0.2, -0.15) is 5.10 Å². The molecule has 0 bridgehead atoms. The highest BCUT2D eigenvalue weighted by Crippen LogP contribution is 2.05. The van der Waals surface area contributed by atoms with Gasteiger partial charge in [-0.05, 0) is 19.1 Å². The summed E-state index contributed by atoms with van der Waals surface area (Å²) >= 11 is 0. The van der Waals surface area contributed by atoms with Crippen LogP contribution >= 0.6 is 0 Å². The van der Waals surface area contributed by atoms with Crippen LogP contribution in [0, 0.1) is 6.92 Å². The summed E-state index contributed by atoms with van der Waals surface area (Å²) < 4.78 is 8.88. The van der Waals surface area contributed by atoms with Gasteiger partial charge in [0.15, 0.2) is 11.2 Å². The molecule has 130 valence electrons. The standard InChI is InChI=1S/C15H16N6O4/c1-9-4-5-10(25-9)6-17-18-11(22)7-21-8-16-13-12(21)14(23)20(3)15(24)19(13)2/h4-6,8H,7H2,1-3H3,(H,18,22)/b17-6-. The highest BCUT2D eigenvalue weighted by Gasteiger charge is 2.15. The fourth-order valence-electron chi connectivity index (χ4n) is 2.40. The molecule has 0 atom stereocenters. The van der Waals surface area contributed by atoms with Gasteiger partial charge in [0.25, 0.3) is 11.5 Å². The fraction of sp³-hybridized carbons (Fsp3) is 0.267. The van der Waals surface area contributed by atoms with Crippen LogP contribution in [-0.4, -0.2) is 30.8 Å². The van der Waals surface area contributed by atoms with Crippen LogP contribution in [0.3, 0.4) is 0 Å². The van der Waals surface area contributed by atoms with E-state index in [4.69, 9.17) is 4.42 Å². The number of hydrazone groups is 1. The Morgan fingerprint density at radius 2 is 2.08 bits per heavy atom. The third kappa shape index (κ3) is 3.01. The molecule has 1 N–H and O–H groups in total. The largest absolute Gasteiger partial charge is 0.460 e. The van der Waals surface area contributed by atoms with Crippen LogP contribution in [0.15, 0.2) is 37.6 Å². The maximum Gasteiger partial charge on any atom is 0.332 e. The number of amides is 1. The van der Waals surface area contributed by atoms with Crippen LogP contribution in [0.1, 0.15) is 11.5 Å². The lowest BCUT2D eigenvalue weighted by Crippen LogP contribution is -2.38. The number of furan rings is 1. The van der Waals surface area contributed by atoms with E-state index in [0.29, 0.717) is 5.76 Å². The topological polar surface area (TPSA) is 116 Å². The molecule has 3 aromatic heterocycles. The first-order valence-corrected chi connectivity index (χ1v) is 7.37. The summed E-state index contributed by atoms with van der Waals surface area (Å²) in [5.41, 5.74) is 1.74. The lowest BCUT2D eigenvalue weighted by Gasteiger charge is -2.05. The molecule has 0 aliphatic rings. The maximum absolute atomic E-state index is 12.3. The Labute approximate surface area is 141 Å². The van der Waals surface area contributed by atoms with Gasteiger partial charge in [0.1, 0.15) is 18.1 Å². The molecule has 0 aliphatic heterocycles. The first-order valence-electron chi connectivity index (χ1n) is 7.37. The molecular formula is C15H16N6O4. The van der Waals surface area contributed by atoms with Gasteiger partial charge < -0.3 is 8.98 Å². The second-order valence-corrected chi connectivity index (χ2v) is 5.49. The molecule has 0 unspecified atom stereocenters. The molecule has 0 aliphatic carbocycles. The van der Waals surface area contributed by atoms with Crippen LogP contribution in [0.5, 0.6) is 0 Å². The van der Waals surface area contributed by atoms with Crippen molar-refractivity contribution in [2.75, 3.05) is 0 Å². The molecule has 0 saturated carbocycles. The number of rotatable bonds is 4. The Morgan fingerprint density at radius 3 is 2.76 bits per heavy atom. The Balaban J connectivity index is 1.81. The summed E-state index contributed by atoms with van der Waals surface area (Å²) in [7, 11) is 2.88. The van der Waals surface area contributed by atoms with Gasteiger partial charge in [0.2, 0.25) is 0 Å². The van der Waals surface area contributed by atoms with E-state index in [-0.39, 0.29) is 17.7 Å². The number of hydrogen-bond donors (Lipinski definition) is 1. The number of aromatic nitrogens is 4. The molecule has 3 heterocycles. The molecule has 0 fully saturated rings. The van der Waals surface area contributed by atoms with Crippen molar-refractivity contribution in [2.24, 2.45) is 19.2 Å². The number of nitrogens with zero attached hydrogens (tertiary/aromatic N) is 5. The zero-order chi connectivity index (χ0) is 18.1. The first-order chi connectivity index (χ1) is 11.9. The van der Waals surface area contributed by atoms with Crippen LogP contribution in [0.4, 0.5) is 0 Å². The van der Waals surface area contributed by atoms with Crippen molar-refractivity contribution in [1.29, 1.82) is 0 Å². The molecule has 1 amide bonds. The Morgan fingerprint density at radius 1 is 1.32 bits per heavy atom. The monoisotopic (exact) mass is 344 g/mol. The quantitative estimate of drug-likeness (QED) is 0.505. The second-order valence-electron chi connectivity index (χ2n) is 5.49. The number of aryl methyl sites for hydroxylation is 2. The molecule has 10 nitrogen and oxygen atoms in total. The number of carbonyl (C=O) groups excluding carboxylic acids is 1. The second kappa shape index (κ2) is 6.23. The number of imidazole rings is 1. The number of hydrogen-bond acceptors (Lipinski definition) is 6. The fourth-order valence-corrected chi connectivity index (χ4v) is 2.40. The van der Waals surface area contributed by atoms with Crippen molar-refractivity contribution < 1.29 is 9.21 Å². The van der Waals surface area contributed by atoms with Gasteiger partial charge in [-0.25, -0.2) is 15.2 Å². The van der Waals surface area contributed by atoms with Crippen molar-refractivity contribution >= 4 is 23.3 Å². The molecule has 0 spiro atoms. The minimum Gasteiger partial charge on any atom is -0.460 e. The predicted octanol–water partition coefficient (Wildman–Crippen LogP) is -0.515. The highest BCUT2D eigenvalue weighted by atomic mass is 16.3. The average molecular weight is 344 g/mol. The maximum atomic E-state index is 12.3. The molecule has 3 aromatic rings. The van der Waals surface area contributed by atoms with Gasteiger partial charge in [-0.15, -0.1) is 0 Å². The molecule has 0 aromatic carbocycles. The van der Waals surface area contributed by atoms with Crippen molar-refractivity contribution in [1.82, 2.24) is 24.1 Å². The van der Waals surface area contributed by atoms with Gasteiger partial charge >= 0.3 is 5.69 Å². The zero-order valence-electron chi connectivity index (χ0n) is 13.9. The lowest BCUT2D eigenvalue weighted by atomic mass is 10.4. The molecule has 3 rings (SSSR count). The molecule has 0 saturated heterocycles. The summed E-state index contributed by atoms with van der Waals surface area (Å²) in [6, 6.07) is 3.50. The van der Waals surface area contributed by atoms with E-state index in [1.54, 1.807) is 19.1 Å². The third-order valence-electron chi connectivity index (χ3n) is 3.67. The van der Waals surface area contributed by atoms with E-state index < -0.39 is 17.2 Å². The minimum absolute atomic E-state index is 0.168. The normalized spacial score (nSPS) is 11.5. The van der Waals surface area contributed by atoms with Crippen molar-refractivity contribution in [2.45, 2.75) is 13.5 Å². The lowest BCUT2D eigenvalue weighted by molar-refractivity contribution is -0.121. The molecule has 10 heteroatoms. The number of nitrogens with one attached hydrogen (secondary N) is 1. The summed E-state index contributed by atoms with van der Waals surface area (Å²) in [6.45, 7) is 1.63. The average Bonchev–Trinajstić information content (AvgIpc) is 3.17. The van der Waals surface area contributed by atoms with E-state index in [0.717, 1.165) is 10.3 Å². The Hall–Kier alpha value is -3.43. The van der Waals surface area contributed by atoms with E-state index in [2.05, 4.69) is 15.5 Å². The Kier molecular flexibility index (Phi) is 4.09. The third-order valence-corrected chi connectivity index (χ3v) is 3.67. The summed E-state index contributed by atoms with van der Waals surface area (Å²) in [6.07, 6.45) is 2.71. The molecular weight excluding hydrogens is 328 g/mol. The summed E-state index contributed by atoms with van der Waals surface area (Å²) in [4.78, 5) is 40.2. The molecule has 25 heavy (non-hydrogen) atoms. The van der Waals surface area contributed by atoms with E-state index in [1.807, 2.05) is 0 Å². The summed E-state index contributed by atoms with van der Waals surface area (Å²) in [5, 5.41) is 3.80.